The maximum absolute atomic E-state index is 12.4. The van der Waals surface area contributed by atoms with Crippen molar-refractivity contribution in [1.82, 2.24) is 0 Å². The van der Waals surface area contributed by atoms with E-state index in [9.17, 15) is 23.1 Å². The molecule has 5 heteroatoms. The Hall–Kier alpha value is -1.52. The molecule has 1 rings (SSSR count). The van der Waals surface area contributed by atoms with Crippen LogP contribution in [0.4, 0.5) is 13.2 Å². The number of Topliss-reactive ketones (excluding diaryl/α,β-unsaturated/α-hetero) is 1. The molecule has 0 fully saturated rings. The Bertz CT molecular complexity index is 408. The van der Waals surface area contributed by atoms with Crippen LogP contribution < -0.4 is 0 Å². The van der Waals surface area contributed by atoms with E-state index in [0.717, 1.165) is 6.07 Å². The first-order chi connectivity index (χ1) is 6.73. The molecule has 0 aromatic heterocycles. The summed E-state index contributed by atoms with van der Waals surface area (Å²) in [4.78, 5) is 10.9. The second kappa shape index (κ2) is 3.56. The molecule has 0 heterocycles. The van der Waals surface area contributed by atoms with E-state index in [1.165, 1.54) is 13.8 Å². The number of phenolic OH excluding ortho intramolecular Hbond substituents is 1. The van der Waals surface area contributed by atoms with Crippen LogP contribution in [0, 0.1) is 6.92 Å². The van der Waals surface area contributed by atoms with Crippen LogP contribution in [0.2, 0.25) is 0 Å². The van der Waals surface area contributed by atoms with Crippen molar-refractivity contribution in [1.29, 1.82) is 0 Å². The first-order valence-corrected chi connectivity index (χ1v) is 4.15. The fourth-order valence-corrected chi connectivity index (χ4v) is 1.28. The van der Waals surface area contributed by atoms with Crippen molar-refractivity contribution in [3.8, 4) is 5.75 Å². The van der Waals surface area contributed by atoms with Gasteiger partial charge in [-0.05, 0) is 31.5 Å². The quantitative estimate of drug-likeness (QED) is 0.736. The summed E-state index contributed by atoms with van der Waals surface area (Å²) in [7, 11) is 0. The molecule has 0 bridgehead atoms. The van der Waals surface area contributed by atoms with Crippen LogP contribution in [0.5, 0.6) is 5.75 Å². The first kappa shape index (κ1) is 11.6. The van der Waals surface area contributed by atoms with Crippen LogP contribution in [0.15, 0.2) is 12.1 Å². The van der Waals surface area contributed by atoms with Crippen molar-refractivity contribution in [2.75, 3.05) is 0 Å². The largest absolute Gasteiger partial charge is 0.507 e. The van der Waals surface area contributed by atoms with Crippen molar-refractivity contribution in [3.05, 3.63) is 28.8 Å². The highest BCUT2D eigenvalue weighted by molar-refractivity contribution is 5.97. The second-order valence-electron chi connectivity index (χ2n) is 3.24. The number of carbonyl (C=O) groups is 1. The number of phenols is 1. The lowest BCUT2D eigenvalue weighted by molar-refractivity contribution is -0.138. The first-order valence-electron chi connectivity index (χ1n) is 4.15. The maximum atomic E-state index is 12.4. The lowest BCUT2D eigenvalue weighted by atomic mass is 10.0. The van der Waals surface area contributed by atoms with E-state index in [4.69, 9.17) is 0 Å². The minimum atomic E-state index is -4.52. The van der Waals surface area contributed by atoms with E-state index in [-0.39, 0.29) is 11.1 Å². The van der Waals surface area contributed by atoms with Gasteiger partial charge in [0.05, 0.1) is 11.1 Å². The molecule has 0 aliphatic rings. The van der Waals surface area contributed by atoms with Crippen LogP contribution in [-0.2, 0) is 6.18 Å². The number of benzene rings is 1. The SMILES string of the molecule is CC(=O)c1cc(C)c(C(F)(F)F)cc1O. The zero-order chi connectivity index (χ0) is 11.8. The van der Waals surface area contributed by atoms with Crippen LogP contribution in [-0.4, -0.2) is 10.9 Å². The van der Waals surface area contributed by atoms with Crippen molar-refractivity contribution < 1.29 is 23.1 Å². The summed E-state index contributed by atoms with van der Waals surface area (Å²) in [5.41, 5.74) is -1.10. The zero-order valence-corrected chi connectivity index (χ0v) is 8.14. The summed E-state index contributed by atoms with van der Waals surface area (Å²) in [5.74, 6) is -1.11. The van der Waals surface area contributed by atoms with E-state index >= 15 is 0 Å². The van der Waals surface area contributed by atoms with Gasteiger partial charge < -0.3 is 5.11 Å². The average Bonchev–Trinajstić information content (AvgIpc) is 2.06. The molecule has 0 aliphatic heterocycles. The third kappa shape index (κ3) is 2.29. The van der Waals surface area contributed by atoms with E-state index in [0.29, 0.717) is 6.07 Å². The topological polar surface area (TPSA) is 37.3 Å². The molecule has 0 atom stereocenters. The van der Waals surface area contributed by atoms with Crippen LogP contribution in [0.1, 0.15) is 28.4 Å². The Morgan fingerprint density at radius 2 is 1.87 bits per heavy atom. The number of rotatable bonds is 1. The number of aromatic hydroxyl groups is 1. The third-order valence-electron chi connectivity index (χ3n) is 2.03. The predicted octanol–water partition coefficient (Wildman–Crippen LogP) is 2.92. The van der Waals surface area contributed by atoms with Crippen molar-refractivity contribution in [2.24, 2.45) is 0 Å². The molecular weight excluding hydrogens is 209 g/mol. The lowest BCUT2D eigenvalue weighted by Gasteiger charge is -2.12. The van der Waals surface area contributed by atoms with E-state index in [1.54, 1.807) is 0 Å². The molecule has 0 spiro atoms. The minimum absolute atomic E-state index is 0.0782. The molecule has 1 N–H and O–H groups in total. The Labute approximate surface area is 84.3 Å². The Balaban J connectivity index is 3.39. The van der Waals surface area contributed by atoms with Gasteiger partial charge in [0.2, 0.25) is 0 Å². The number of alkyl halides is 3. The summed E-state index contributed by atoms with van der Waals surface area (Å²) in [6, 6.07) is 1.62. The summed E-state index contributed by atoms with van der Waals surface area (Å²) in [6.07, 6.45) is -4.52. The molecule has 82 valence electrons. The highest BCUT2D eigenvalue weighted by Crippen LogP contribution is 2.35. The average molecular weight is 218 g/mol. The van der Waals surface area contributed by atoms with Gasteiger partial charge in [-0.15, -0.1) is 0 Å². The molecule has 1 aromatic carbocycles. The highest BCUT2D eigenvalue weighted by Gasteiger charge is 2.33. The molecule has 0 aliphatic carbocycles. The number of halogens is 3. The van der Waals surface area contributed by atoms with Crippen LogP contribution >= 0.6 is 0 Å². The number of carbonyl (C=O) groups excluding carboxylic acids is 1. The molecule has 1 aromatic rings. The summed E-state index contributed by atoms with van der Waals surface area (Å²) >= 11 is 0. The molecular formula is C10H9F3O2. The van der Waals surface area contributed by atoms with Crippen LogP contribution in [0.3, 0.4) is 0 Å². The Morgan fingerprint density at radius 1 is 1.33 bits per heavy atom. The Morgan fingerprint density at radius 3 is 2.27 bits per heavy atom. The van der Waals surface area contributed by atoms with Gasteiger partial charge in [0.25, 0.3) is 0 Å². The number of hydrogen-bond donors (Lipinski definition) is 1. The zero-order valence-electron chi connectivity index (χ0n) is 8.14. The number of aryl methyl sites for hydroxylation is 1. The smallest absolute Gasteiger partial charge is 0.416 e. The van der Waals surface area contributed by atoms with Gasteiger partial charge in [-0.3, -0.25) is 4.79 Å². The lowest BCUT2D eigenvalue weighted by Crippen LogP contribution is -2.08. The summed E-state index contributed by atoms with van der Waals surface area (Å²) < 4.78 is 37.1. The van der Waals surface area contributed by atoms with Gasteiger partial charge in [0, 0.05) is 0 Å². The fraction of sp³-hybridized carbons (Fsp3) is 0.300. The van der Waals surface area contributed by atoms with Crippen molar-refractivity contribution in [2.45, 2.75) is 20.0 Å². The Kier molecular flexibility index (Phi) is 2.75. The fourth-order valence-electron chi connectivity index (χ4n) is 1.28. The molecule has 15 heavy (non-hydrogen) atoms. The number of hydrogen-bond acceptors (Lipinski definition) is 2. The predicted molar refractivity (Wildman–Crippen MR) is 47.9 cm³/mol. The molecule has 0 saturated heterocycles. The maximum Gasteiger partial charge on any atom is 0.416 e. The van der Waals surface area contributed by atoms with Gasteiger partial charge in [-0.25, -0.2) is 0 Å². The molecule has 2 nitrogen and oxygen atoms in total. The third-order valence-corrected chi connectivity index (χ3v) is 2.03. The standard InChI is InChI=1S/C10H9F3O2/c1-5-3-7(6(2)14)9(15)4-8(5)10(11,12)13/h3-4,15H,1-2H3. The van der Waals surface area contributed by atoms with Crippen molar-refractivity contribution >= 4 is 5.78 Å². The molecule has 0 radical (unpaired) electrons. The minimum Gasteiger partial charge on any atom is -0.507 e. The van der Waals surface area contributed by atoms with E-state index in [2.05, 4.69) is 0 Å². The number of ketones is 1. The van der Waals surface area contributed by atoms with Gasteiger partial charge in [-0.2, -0.15) is 13.2 Å². The summed E-state index contributed by atoms with van der Waals surface area (Å²) in [6.45, 7) is 2.43. The van der Waals surface area contributed by atoms with E-state index in [1.807, 2.05) is 0 Å². The monoisotopic (exact) mass is 218 g/mol. The molecule has 0 unspecified atom stereocenters. The van der Waals surface area contributed by atoms with Crippen LogP contribution in [0.25, 0.3) is 0 Å². The molecule has 0 saturated carbocycles. The summed E-state index contributed by atoms with van der Waals surface area (Å²) in [5, 5.41) is 9.23. The molecule has 0 amide bonds. The second-order valence-corrected chi connectivity index (χ2v) is 3.24. The van der Waals surface area contributed by atoms with Crippen molar-refractivity contribution in [3.63, 3.8) is 0 Å². The van der Waals surface area contributed by atoms with Gasteiger partial charge >= 0.3 is 6.18 Å². The normalized spacial score (nSPS) is 11.5. The van der Waals surface area contributed by atoms with E-state index < -0.39 is 23.3 Å². The highest BCUT2D eigenvalue weighted by atomic mass is 19.4. The van der Waals surface area contributed by atoms with Gasteiger partial charge in [-0.1, -0.05) is 0 Å². The van der Waals surface area contributed by atoms with Gasteiger partial charge in [0.1, 0.15) is 5.75 Å². The van der Waals surface area contributed by atoms with Gasteiger partial charge in [0.15, 0.2) is 5.78 Å².